The molecule has 6 nitrogen and oxygen atoms in total. The van der Waals surface area contributed by atoms with Crippen molar-refractivity contribution < 1.29 is 14.5 Å². The van der Waals surface area contributed by atoms with Crippen molar-refractivity contribution in [1.29, 1.82) is 0 Å². The molecule has 0 aromatic heterocycles. The first-order valence-electron chi connectivity index (χ1n) is 5.12. The molecule has 0 fully saturated rings. The lowest BCUT2D eigenvalue weighted by Crippen LogP contribution is -2.29. The van der Waals surface area contributed by atoms with Gasteiger partial charge in [0.25, 0.3) is 11.6 Å². The van der Waals surface area contributed by atoms with E-state index in [0.717, 1.165) is 0 Å². The maximum atomic E-state index is 11.2. The van der Waals surface area contributed by atoms with Crippen molar-refractivity contribution >= 4 is 11.6 Å². The predicted octanol–water partition coefficient (Wildman–Crippen LogP) is 1.03. The highest BCUT2D eigenvalue weighted by atomic mass is 16.6. The molecule has 1 aromatic rings. The van der Waals surface area contributed by atoms with E-state index in [9.17, 15) is 14.9 Å². The zero-order valence-electron chi connectivity index (χ0n) is 9.80. The Bertz CT molecular complexity index is 505. The number of ether oxygens (including phenoxy) is 1. The first-order chi connectivity index (χ1) is 8.54. The van der Waals surface area contributed by atoms with Crippen molar-refractivity contribution in [2.45, 2.75) is 6.92 Å². The zero-order chi connectivity index (χ0) is 13.5. The summed E-state index contributed by atoms with van der Waals surface area (Å²) in [5.74, 6) is 2.35. The molecule has 0 heterocycles. The van der Waals surface area contributed by atoms with Crippen molar-refractivity contribution in [2.75, 3.05) is 13.2 Å². The van der Waals surface area contributed by atoms with Crippen molar-refractivity contribution in [3.05, 3.63) is 33.9 Å². The topological polar surface area (TPSA) is 81.5 Å². The Labute approximate surface area is 104 Å². The first-order valence-corrected chi connectivity index (χ1v) is 5.12. The lowest BCUT2D eigenvalue weighted by molar-refractivity contribution is -0.384. The third-order valence-corrected chi connectivity index (χ3v) is 2.12. The second-order valence-electron chi connectivity index (χ2n) is 3.48. The van der Waals surface area contributed by atoms with E-state index in [0.29, 0.717) is 11.3 Å². The molecule has 18 heavy (non-hydrogen) atoms. The number of nitrogens with zero attached hydrogens (tertiary/aromatic N) is 1. The molecule has 94 valence electrons. The molecule has 0 unspecified atom stereocenters. The smallest absolute Gasteiger partial charge is 0.269 e. The van der Waals surface area contributed by atoms with Gasteiger partial charge in [0, 0.05) is 12.1 Å². The highest BCUT2D eigenvalue weighted by molar-refractivity contribution is 5.77. The predicted molar refractivity (Wildman–Crippen MR) is 65.2 cm³/mol. The van der Waals surface area contributed by atoms with Crippen molar-refractivity contribution in [1.82, 2.24) is 5.32 Å². The van der Waals surface area contributed by atoms with Gasteiger partial charge < -0.3 is 10.1 Å². The van der Waals surface area contributed by atoms with Crippen LogP contribution < -0.4 is 10.1 Å². The highest BCUT2D eigenvalue weighted by Gasteiger charge is 2.09. The molecule has 0 aliphatic carbocycles. The Balaban J connectivity index is 2.61. The minimum absolute atomic E-state index is 0.0170. The fourth-order valence-corrected chi connectivity index (χ4v) is 1.25. The van der Waals surface area contributed by atoms with Gasteiger partial charge >= 0.3 is 0 Å². The SMILES string of the molecule is C#CCNC(=O)COc1ccc([N+](=O)[O-])cc1C. The number of hydrogen-bond acceptors (Lipinski definition) is 4. The van der Waals surface area contributed by atoms with E-state index >= 15 is 0 Å². The molecule has 0 aliphatic heterocycles. The van der Waals surface area contributed by atoms with Gasteiger partial charge in [0.1, 0.15) is 5.75 Å². The summed E-state index contributed by atoms with van der Waals surface area (Å²) in [6.45, 7) is 1.63. The number of nitro benzene ring substituents is 1. The summed E-state index contributed by atoms with van der Waals surface area (Å²) in [6.07, 6.45) is 4.98. The molecule has 1 N–H and O–H groups in total. The van der Waals surface area contributed by atoms with E-state index in [1.807, 2.05) is 0 Å². The number of amides is 1. The number of carbonyl (C=O) groups is 1. The second kappa shape index (κ2) is 6.25. The summed E-state index contributed by atoms with van der Waals surface area (Å²) in [5, 5.41) is 13.0. The maximum absolute atomic E-state index is 11.2. The Kier molecular flexibility index (Phi) is 4.69. The van der Waals surface area contributed by atoms with Crippen LogP contribution in [-0.2, 0) is 4.79 Å². The van der Waals surface area contributed by atoms with Gasteiger partial charge in [-0.2, -0.15) is 0 Å². The molecule has 0 atom stereocenters. The molecule has 0 saturated heterocycles. The molecule has 6 heteroatoms. The molecule has 1 amide bonds. The lowest BCUT2D eigenvalue weighted by atomic mass is 10.2. The van der Waals surface area contributed by atoms with Crippen molar-refractivity contribution in [3.63, 3.8) is 0 Å². The number of hydrogen-bond donors (Lipinski definition) is 1. The molecule has 0 radical (unpaired) electrons. The van der Waals surface area contributed by atoms with Gasteiger partial charge in [-0.15, -0.1) is 6.42 Å². The first kappa shape index (κ1) is 13.5. The van der Waals surface area contributed by atoms with E-state index in [1.54, 1.807) is 6.92 Å². The normalized spacial score (nSPS) is 9.33. The molecule has 0 spiro atoms. The average molecular weight is 248 g/mol. The van der Waals surface area contributed by atoms with E-state index in [-0.39, 0.29) is 24.7 Å². The summed E-state index contributed by atoms with van der Waals surface area (Å²) >= 11 is 0. The Morgan fingerprint density at radius 2 is 2.33 bits per heavy atom. The van der Waals surface area contributed by atoms with Gasteiger partial charge in [-0.25, -0.2) is 0 Å². The number of carbonyl (C=O) groups excluding carboxylic acids is 1. The van der Waals surface area contributed by atoms with Crippen molar-refractivity contribution in [3.8, 4) is 18.1 Å². The minimum atomic E-state index is -0.490. The molecule has 0 saturated carbocycles. The van der Waals surface area contributed by atoms with Crippen LogP contribution in [0.5, 0.6) is 5.75 Å². The Morgan fingerprint density at radius 3 is 2.89 bits per heavy atom. The Hall–Kier alpha value is -2.55. The molecule has 0 bridgehead atoms. The monoisotopic (exact) mass is 248 g/mol. The van der Waals surface area contributed by atoms with Crippen LogP contribution in [0.3, 0.4) is 0 Å². The van der Waals surface area contributed by atoms with Gasteiger partial charge in [-0.05, 0) is 18.6 Å². The van der Waals surface area contributed by atoms with Gasteiger partial charge in [-0.3, -0.25) is 14.9 Å². The van der Waals surface area contributed by atoms with Gasteiger partial charge in [0.05, 0.1) is 11.5 Å². The molecule has 1 rings (SSSR count). The largest absolute Gasteiger partial charge is 0.483 e. The summed E-state index contributed by atoms with van der Waals surface area (Å²) in [7, 11) is 0. The number of non-ortho nitro benzene ring substituents is 1. The van der Waals surface area contributed by atoms with Gasteiger partial charge in [-0.1, -0.05) is 5.92 Å². The van der Waals surface area contributed by atoms with E-state index in [4.69, 9.17) is 11.2 Å². The Morgan fingerprint density at radius 1 is 1.61 bits per heavy atom. The highest BCUT2D eigenvalue weighted by Crippen LogP contribution is 2.22. The number of nitrogens with one attached hydrogen (secondary N) is 1. The van der Waals surface area contributed by atoms with E-state index in [2.05, 4.69) is 11.2 Å². The van der Waals surface area contributed by atoms with Crippen LogP contribution in [0.25, 0.3) is 0 Å². The minimum Gasteiger partial charge on any atom is -0.483 e. The molecule has 0 aliphatic rings. The van der Waals surface area contributed by atoms with Crippen LogP contribution >= 0.6 is 0 Å². The number of aryl methyl sites for hydroxylation is 1. The van der Waals surface area contributed by atoms with Crippen LogP contribution in [0.15, 0.2) is 18.2 Å². The molecular formula is C12H12N2O4. The fraction of sp³-hybridized carbons (Fsp3) is 0.250. The van der Waals surface area contributed by atoms with Crippen LogP contribution in [-0.4, -0.2) is 24.0 Å². The summed E-state index contributed by atoms with van der Waals surface area (Å²) in [5.41, 5.74) is 0.575. The lowest BCUT2D eigenvalue weighted by Gasteiger charge is -2.08. The standard InChI is InChI=1S/C12H12N2O4/c1-3-6-13-12(15)8-18-11-5-4-10(14(16)17)7-9(11)2/h1,4-5,7H,6,8H2,2H3,(H,13,15). The fourth-order valence-electron chi connectivity index (χ4n) is 1.25. The average Bonchev–Trinajstić information content (AvgIpc) is 2.34. The van der Waals surface area contributed by atoms with Crippen LogP contribution in [0.2, 0.25) is 0 Å². The number of nitro groups is 1. The van der Waals surface area contributed by atoms with E-state index in [1.165, 1.54) is 18.2 Å². The number of benzene rings is 1. The van der Waals surface area contributed by atoms with Crippen molar-refractivity contribution in [2.24, 2.45) is 0 Å². The third kappa shape index (κ3) is 3.79. The zero-order valence-corrected chi connectivity index (χ0v) is 9.80. The van der Waals surface area contributed by atoms with Crippen LogP contribution in [0, 0.1) is 29.4 Å². The van der Waals surface area contributed by atoms with Gasteiger partial charge in [0.15, 0.2) is 6.61 Å². The molecule has 1 aromatic carbocycles. The summed E-state index contributed by atoms with van der Waals surface area (Å²) < 4.78 is 5.23. The van der Waals surface area contributed by atoms with Crippen LogP contribution in [0.1, 0.15) is 5.56 Å². The number of rotatable bonds is 5. The summed E-state index contributed by atoms with van der Waals surface area (Å²) in [4.78, 5) is 21.3. The summed E-state index contributed by atoms with van der Waals surface area (Å²) in [6, 6.07) is 4.16. The quantitative estimate of drug-likeness (QED) is 0.479. The maximum Gasteiger partial charge on any atom is 0.269 e. The van der Waals surface area contributed by atoms with Gasteiger partial charge in [0.2, 0.25) is 0 Å². The molecular weight excluding hydrogens is 236 g/mol. The van der Waals surface area contributed by atoms with E-state index < -0.39 is 4.92 Å². The van der Waals surface area contributed by atoms with Crippen LogP contribution in [0.4, 0.5) is 5.69 Å². The third-order valence-electron chi connectivity index (χ3n) is 2.12. The number of terminal acetylenes is 1. The second-order valence-corrected chi connectivity index (χ2v) is 3.48.